The van der Waals surface area contributed by atoms with Gasteiger partial charge in [-0.3, -0.25) is 9.59 Å². The van der Waals surface area contributed by atoms with Gasteiger partial charge in [-0.05, 0) is 66.1 Å². The molecule has 0 aromatic heterocycles. The molecule has 1 aliphatic heterocycles. The third kappa shape index (κ3) is 4.53. The van der Waals surface area contributed by atoms with Crippen LogP contribution in [0.5, 0.6) is 11.5 Å². The highest BCUT2D eigenvalue weighted by atomic mass is 16.5. The van der Waals surface area contributed by atoms with Gasteiger partial charge >= 0.3 is 5.97 Å². The molecule has 1 aliphatic rings. The van der Waals surface area contributed by atoms with Crippen LogP contribution < -0.4 is 9.47 Å². The van der Waals surface area contributed by atoms with Gasteiger partial charge in [0.25, 0.3) is 11.7 Å². The Kier molecular flexibility index (Phi) is 6.78. The number of nitrogens with zero attached hydrogens (tertiary/aromatic N) is 1. The van der Waals surface area contributed by atoms with Crippen molar-refractivity contribution in [3.05, 3.63) is 100 Å². The van der Waals surface area contributed by atoms with E-state index in [-0.39, 0.29) is 23.4 Å². The lowest BCUT2D eigenvalue weighted by Gasteiger charge is -2.26. The number of ether oxygens (including phenoxy) is 2. The third-order valence-corrected chi connectivity index (χ3v) is 6.21. The van der Waals surface area contributed by atoms with Crippen LogP contribution in [-0.4, -0.2) is 47.0 Å². The van der Waals surface area contributed by atoms with Crippen molar-refractivity contribution in [1.29, 1.82) is 0 Å². The number of aryl methyl sites for hydroxylation is 1. The Labute approximate surface area is 208 Å². The fourth-order valence-electron chi connectivity index (χ4n) is 4.30. The van der Waals surface area contributed by atoms with E-state index in [1.54, 1.807) is 61.5 Å². The van der Waals surface area contributed by atoms with Crippen molar-refractivity contribution in [1.82, 2.24) is 4.90 Å². The van der Waals surface area contributed by atoms with Crippen LogP contribution in [0.4, 0.5) is 0 Å². The molecule has 1 saturated heterocycles. The average molecular weight is 488 g/mol. The molecular formula is C28H25NO7. The smallest absolute Gasteiger partial charge is 0.335 e. The number of ketones is 1. The molecule has 8 heteroatoms. The van der Waals surface area contributed by atoms with Crippen molar-refractivity contribution in [3.8, 4) is 11.5 Å². The summed E-state index contributed by atoms with van der Waals surface area (Å²) < 4.78 is 10.5. The van der Waals surface area contributed by atoms with Gasteiger partial charge in [-0.15, -0.1) is 0 Å². The molecule has 0 saturated carbocycles. The van der Waals surface area contributed by atoms with Gasteiger partial charge in [0.1, 0.15) is 17.3 Å². The van der Waals surface area contributed by atoms with Crippen LogP contribution >= 0.6 is 0 Å². The number of aromatic carboxylic acids is 1. The van der Waals surface area contributed by atoms with Crippen LogP contribution in [0.25, 0.3) is 5.76 Å². The van der Waals surface area contributed by atoms with Gasteiger partial charge in [-0.2, -0.15) is 0 Å². The molecule has 0 radical (unpaired) electrons. The molecule has 4 rings (SSSR count). The molecule has 3 aromatic rings. The van der Waals surface area contributed by atoms with Crippen LogP contribution in [0, 0.1) is 6.92 Å². The second kappa shape index (κ2) is 9.95. The van der Waals surface area contributed by atoms with E-state index in [2.05, 4.69) is 0 Å². The van der Waals surface area contributed by atoms with Crippen LogP contribution in [0.2, 0.25) is 0 Å². The molecule has 1 fully saturated rings. The van der Waals surface area contributed by atoms with Gasteiger partial charge in [-0.1, -0.05) is 24.3 Å². The topological polar surface area (TPSA) is 113 Å². The third-order valence-electron chi connectivity index (χ3n) is 6.21. The summed E-state index contributed by atoms with van der Waals surface area (Å²) in [6.45, 7) is 1.82. The van der Waals surface area contributed by atoms with Crippen LogP contribution in [0.3, 0.4) is 0 Å². The molecule has 1 unspecified atom stereocenters. The molecule has 1 atom stereocenters. The number of hydrogen-bond acceptors (Lipinski definition) is 6. The van der Waals surface area contributed by atoms with Gasteiger partial charge in [0.05, 0.1) is 31.4 Å². The van der Waals surface area contributed by atoms with E-state index < -0.39 is 23.7 Å². The Bertz CT molecular complexity index is 1360. The number of benzene rings is 3. The lowest BCUT2D eigenvalue weighted by molar-refractivity contribution is -0.140. The number of Topliss-reactive ketones (excluding diaryl/α,β-unsaturated/α-hetero) is 1. The van der Waals surface area contributed by atoms with Gasteiger partial charge in [0.2, 0.25) is 0 Å². The van der Waals surface area contributed by atoms with Crippen molar-refractivity contribution in [2.75, 3.05) is 14.2 Å². The number of rotatable bonds is 7. The van der Waals surface area contributed by atoms with Crippen LogP contribution in [0.1, 0.15) is 38.7 Å². The van der Waals surface area contributed by atoms with Gasteiger partial charge < -0.3 is 24.6 Å². The zero-order valence-corrected chi connectivity index (χ0v) is 20.0. The fourth-order valence-corrected chi connectivity index (χ4v) is 4.30. The maximum absolute atomic E-state index is 13.3. The fraction of sp³-hybridized carbons (Fsp3) is 0.179. The van der Waals surface area contributed by atoms with E-state index in [1.807, 2.05) is 0 Å². The molecule has 3 aromatic carbocycles. The number of likely N-dealkylation sites (tertiary alicyclic amines) is 1. The highest BCUT2D eigenvalue weighted by Gasteiger charge is 2.46. The van der Waals surface area contributed by atoms with Crippen LogP contribution in [0.15, 0.2) is 72.3 Å². The number of amides is 1. The number of methoxy groups -OCH3 is 2. The molecule has 0 spiro atoms. The molecule has 2 N–H and O–H groups in total. The van der Waals surface area contributed by atoms with Crippen molar-refractivity contribution in [2.24, 2.45) is 0 Å². The summed E-state index contributed by atoms with van der Waals surface area (Å²) in [5.74, 6) is -1.70. The van der Waals surface area contributed by atoms with Gasteiger partial charge in [0, 0.05) is 12.1 Å². The standard InChI is InChI=1S/C28H25NO7/c1-16-14-21(36-3)12-13-22(16)25(30)23-24(18-8-10-20(35-2)11-9-18)29(27(32)26(23)31)15-17-4-6-19(7-5-17)28(33)34/h4-14,24,30H,15H2,1-3H3,(H,33,34)/b25-23-. The summed E-state index contributed by atoms with van der Waals surface area (Å²) in [7, 11) is 3.07. The Morgan fingerprint density at radius 3 is 2.06 bits per heavy atom. The van der Waals surface area contributed by atoms with E-state index in [4.69, 9.17) is 14.6 Å². The van der Waals surface area contributed by atoms with E-state index in [0.717, 1.165) is 0 Å². The van der Waals surface area contributed by atoms with Crippen LogP contribution in [-0.2, 0) is 16.1 Å². The minimum Gasteiger partial charge on any atom is -0.507 e. The number of carbonyl (C=O) groups is 3. The minimum atomic E-state index is -1.06. The Morgan fingerprint density at radius 2 is 1.50 bits per heavy atom. The second-order valence-corrected chi connectivity index (χ2v) is 8.38. The van der Waals surface area contributed by atoms with E-state index in [1.165, 1.54) is 31.3 Å². The summed E-state index contributed by atoms with van der Waals surface area (Å²) in [5, 5.41) is 20.5. The molecule has 8 nitrogen and oxygen atoms in total. The first-order chi connectivity index (χ1) is 17.2. The first kappa shape index (κ1) is 24.5. The molecular weight excluding hydrogens is 462 g/mol. The first-order valence-corrected chi connectivity index (χ1v) is 11.1. The summed E-state index contributed by atoms with van der Waals surface area (Å²) in [6, 6.07) is 17.2. The number of carbonyl (C=O) groups excluding carboxylic acids is 2. The normalized spacial score (nSPS) is 16.8. The van der Waals surface area contributed by atoms with Gasteiger partial charge in [-0.25, -0.2) is 4.79 Å². The lowest BCUT2D eigenvalue weighted by Crippen LogP contribution is -2.29. The van der Waals surface area contributed by atoms with Crippen molar-refractivity contribution < 1.29 is 34.1 Å². The largest absolute Gasteiger partial charge is 0.507 e. The Hall–Kier alpha value is -4.59. The molecule has 0 aliphatic carbocycles. The Balaban J connectivity index is 1.83. The van der Waals surface area contributed by atoms with Crippen molar-refractivity contribution in [2.45, 2.75) is 19.5 Å². The second-order valence-electron chi connectivity index (χ2n) is 8.38. The zero-order valence-electron chi connectivity index (χ0n) is 20.0. The number of aliphatic hydroxyl groups is 1. The average Bonchev–Trinajstić information content (AvgIpc) is 3.13. The maximum atomic E-state index is 13.3. The van der Waals surface area contributed by atoms with Crippen molar-refractivity contribution in [3.63, 3.8) is 0 Å². The quantitative estimate of drug-likeness (QED) is 0.290. The predicted octanol–water partition coefficient (Wildman–Crippen LogP) is 4.33. The van der Waals surface area contributed by atoms with E-state index in [9.17, 15) is 19.5 Å². The SMILES string of the molecule is COc1ccc(C2/C(=C(/O)c3ccc(OC)cc3C)C(=O)C(=O)N2Cc2ccc(C(=O)O)cc2)cc1. The molecule has 0 bridgehead atoms. The molecule has 184 valence electrons. The summed E-state index contributed by atoms with van der Waals surface area (Å²) in [5.41, 5.74) is 2.43. The number of aliphatic hydroxyl groups excluding tert-OH is 1. The molecule has 36 heavy (non-hydrogen) atoms. The molecule has 1 heterocycles. The van der Waals surface area contributed by atoms with E-state index in [0.29, 0.717) is 33.8 Å². The first-order valence-electron chi connectivity index (χ1n) is 11.1. The zero-order chi connectivity index (χ0) is 26.0. The number of carboxylic acid groups (broad SMARTS) is 1. The van der Waals surface area contributed by atoms with E-state index >= 15 is 0 Å². The lowest BCUT2D eigenvalue weighted by atomic mass is 9.93. The minimum absolute atomic E-state index is 0.0272. The predicted molar refractivity (Wildman–Crippen MR) is 132 cm³/mol. The summed E-state index contributed by atoms with van der Waals surface area (Å²) in [6.07, 6.45) is 0. The summed E-state index contributed by atoms with van der Waals surface area (Å²) in [4.78, 5) is 39.1. The highest BCUT2D eigenvalue weighted by molar-refractivity contribution is 6.46. The highest BCUT2D eigenvalue weighted by Crippen LogP contribution is 2.41. The number of hydrogen-bond donors (Lipinski definition) is 2. The van der Waals surface area contributed by atoms with Crippen molar-refractivity contribution >= 4 is 23.4 Å². The monoisotopic (exact) mass is 487 g/mol. The Morgan fingerprint density at radius 1 is 0.889 bits per heavy atom. The maximum Gasteiger partial charge on any atom is 0.335 e. The van der Waals surface area contributed by atoms with Gasteiger partial charge in [0.15, 0.2) is 0 Å². The molecule has 1 amide bonds. The summed E-state index contributed by atoms with van der Waals surface area (Å²) >= 11 is 0. The number of carboxylic acids is 1.